The summed E-state index contributed by atoms with van der Waals surface area (Å²) in [5, 5.41) is 0. The maximum atomic E-state index is 13.7. The maximum absolute atomic E-state index is 13.7. The highest BCUT2D eigenvalue weighted by atomic mass is 32.2. The number of thioether (sulfide) groups is 1. The number of carbonyl (C=O) groups is 2. The highest BCUT2D eigenvalue weighted by Gasteiger charge is 2.40. The monoisotopic (exact) mass is 405 g/mol. The van der Waals surface area contributed by atoms with Gasteiger partial charge in [-0.3, -0.25) is 9.59 Å². The molecular formula is C23H16FNO3S. The lowest BCUT2D eigenvalue weighted by Gasteiger charge is -2.15. The van der Waals surface area contributed by atoms with Crippen LogP contribution in [0.15, 0.2) is 88.7 Å². The quantitative estimate of drug-likeness (QED) is 0.566. The first-order chi connectivity index (χ1) is 14.1. The van der Waals surface area contributed by atoms with Crippen LogP contribution in [0.1, 0.15) is 5.56 Å². The Bertz CT molecular complexity index is 1110. The van der Waals surface area contributed by atoms with E-state index in [2.05, 4.69) is 0 Å². The van der Waals surface area contributed by atoms with Crippen LogP contribution in [-0.2, 0) is 9.59 Å². The number of benzene rings is 3. The molecule has 29 heavy (non-hydrogen) atoms. The van der Waals surface area contributed by atoms with E-state index in [0.717, 1.165) is 9.80 Å². The van der Waals surface area contributed by atoms with Gasteiger partial charge in [0.15, 0.2) is 0 Å². The van der Waals surface area contributed by atoms with Crippen LogP contribution in [-0.4, -0.2) is 18.9 Å². The largest absolute Gasteiger partial charge is 0.497 e. The minimum absolute atomic E-state index is 0.203. The molecular weight excluding hydrogens is 389 g/mol. The van der Waals surface area contributed by atoms with Crippen molar-refractivity contribution in [1.29, 1.82) is 0 Å². The van der Waals surface area contributed by atoms with E-state index < -0.39 is 17.6 Å². The normalized spacial score (nSPS) is 13.9. The third-order valence-electron chi connectivity index (χ3n) is 4.45. The molecule has 144 valence electrons. The van der Waals surface area contributed by atoms with Crippen molar-refractivity contribution in [3.63, 3.8) is 0 Å². The Morgan fingerprint density at radius 2 is 1.59 bits per heavy atom. The van der Waals surface area contributed by atoms with Gasteiger partial charge in [0.05, 0.1) is 23.3 Å². The average molecular weight is 405 g/mol. The molecule has 4 rings (SSSR count). The summed E-state index contributed by atoms with van der Waals surface area (Å²) < 4.78 is 18.9. The molecule has 0 unspecified atom stereocenters. The van der Waals surface area contributed by atoms with Crippen LogP contribution in [0.3, 0.4) is 0 Å². The van der Waals surface area contributed by atoms with Crippen molar-refractivity contribution < 1.29 is 18.7 Å². The van der Waals surface area contributed by atoms with Crippen molar-refractivity contribution in [3.05, 3.63) is 95.1 Å². The van der Waals surface area contributed by atoms with Crippen LogP contribution in [0, 0.1) is 5.82 Å². The van der Waals surface area contributed by atoms with Crippen LogP contribution in [0.4, 0.5) is 10.1 Å². The molecule has 0 aromatic heterocycles. The zero-order valence-corrected chi connectivity index (χ0v) is 16.3. The molecule has 0 fully saturated rings. The molecule has 0 saturated carbocycles. The van der Waals surface area contributed by atoms with Gasteiger partial charge in [-0.2, -0.15) is 0 Å². The second-order valence-corrected chi connectivity index (χ2v) is 7.36. The van der Waals surface area contributed by atoms with Gasteiger partial charge in [0.25, 0.3) is 11.8 Å². The predicted octanol–water partition coefficient (Wildman–Crippen LogP) is 4.91. The van der Waals surface area contributed by atoms with E-state index in [9.17, 15) is 14.0 Å². The number of hydrogen-bond donors (Lipinski definition) is 0. The number of rotatable bonds is 5. The van der Waals surface area contributed by atoms with Crippen LogP contribution in [0.5, 0.6) is 5.75 Å². The molecule has 4 nitrogen and oxygen atoms in total. The summed E-state index contributed by atoms with van der Waals surface area (Å²) in [6, 6.07) is 21.7. The molecule has 0 atom stereocenters. The summed E-state index contributed by atoms with van der Waals surface area (Å²) >= 11 is 1.22. The van der Waals surface area contributed by atoms with Gasteiger partial charge in [0.1, 0.15) is 11.6 Å². The number of ether oxygens (including phenoxy) is 1. The highest BCUT2D eigenvalue weighted by molar-refractivity contribution is 8.04. The molecule has 1 heterocycles. The Balaban J connectivity index is 1.82. The number of anilines is 1. The Hall–Kier alpha value is -3.38. The number of imide groups is 1. The first kappa shape index (κ1) is 19.0. The Labute approximate surface area is 171 Å². The third-order valence-corrected chi connectivity index (χ3v) is 5.54. The van der Waals surface area contributed by atoms with Crippen molar-refractivity contribution in [3.8, 4) is 5.75 Å². The van der Waals surface area contributed by atoms with Crippen molar-refractivity contribution in [2.24, 2.45) is 0 Å². The van der Waals surface area contributed by atoms with Crippen LogP contribution < -0.4 is 9.64 Å². The molecule has 3 aromatic carbocycles. The minimum atomic E-state index is -0.516. The summed E-state index contributed by atoms with van der Waals surface area (Å²) in [5.41, 5.74) is 1.09. The number of halogens is 1. The van der Waals surface area contributed by atoms with E-state index >= 15 is 0 Å². The Kier molecular flexibility index (Phi) is 5.18. The van der Waals surface area contributed by atoms with E-state index in [-0.39, 0.29) is 11.3 Å². The molecule has 0 spiro atoms. The summed E-state index contributed by atoms with van der Waals surface area (Å²) in [5.74, 6) is -0.826. The Morgan fingerprint density at radius 3 is 2.24 bits per heavy atom. The molecule has 6 heteroatoms. The lowest BCUT2D eigenvalue weighted by atomic mass is 10.1. The number of nitrogens with zero attached hydrogens (tertiary/aromatic N) is 1. The van der Waals surface area contributed by atoms with E-state index in [1.165, 1.54) is 30.0 Å². The van der Waals surface area contributed by atoms with Gasteiger partial charge >= 0.3 is 0 Å². The second kappa shape index (κ2) is 7.93. The summed E-state index contributed by atoms with van der Waals surface area (Å²) in [7, 11) is 1.56. The summed E-state index contributed by atoms with van der Waals surface area (Å²) in [6.07, 6.45) is 0. The predicted molar refractivity (Wildman–Crippen MR) is 111 cm³/mol. The zero-order valence-electron chi connectivity index (χ0n) is 15.5. The molecule has 0 bridgehead atoms. The molecule has 0 saturated heterocycles. The van der Waals surface area contributed by atoms with Gasteiger partial charge < -0.3 is 4.74 Å². The lowest BCUT2D eigenvalue weighted by molar-refractivity contribution is -0.119. The number of hydrogen-bond acceptors (Lipinski definition) is 4. The van der Waals surface area contributed by atoms with Gasteiger partial charge in [-0.25, -0.2) is 9.29 Å². The van der Waals surface area contributed by atoms with Crippen molar-refractivity contribution >= 4 is 34.8 Å². The highest BCUT2D eigenvalue weighted by Crippen LogP contribution is 2.41. The van der Waals surface area contributed by atoms with Crippen molar-refractivity contribution in [1.82, 2.24) is 0 Å². The van der Waals surface area contributed by atoms with Gasteiger partial charge in [0, 0.05) is 4.90 Å². The van der Waals surface area contributed by atoms with E-state index in [1.807, 2.05) is 30.3 Å². The summed E-state index contributed by atoms with van der Waals surface area (Å²) in [6.45, 7) is 0. The van der Waals surface area contributed by atoms with Gasteiger partial charge in [-0.15, -0.1) is 0 Å². The van der Waals surface area contributed by atoms with E-state index in [4.69, 9.17) is 4.74 Å². The first-order valence-electron chi connectivity index (χ1n) is 8.84. The second-order valence-electron chi connectivity index (χ2n) is 6.27. The van der Waals surface area contributed by atoms with Crippen molar-refractivity contribution in [2.75, 3.05) is 12.0 Å². The smallest absolute Gasteiger partial charge is 0.272 e. The number of methoxy groups -OCH3 is 1. The van der Waals surface area contributed by atoms with Crippen LogP contribution in [0.2, 0.25) is 0 Å². The zero-order chi connectivity index (χ0) is 20.4. The molecule has 1 aliphatic rings. The number of carbonyl (C=O) groups excluding carboxylic acids is 2. The lowest BCUT2D eigenvalue weighted by Crippen LogP contribution is -2.31. The van der Waals surface area contributed by atoms with Gasteiger partial charge in [-0.1, -0.05) is 48.2 Å². The topological polar surface area (TPSA) is 46.6 Å². The standard InChI is InChI=1S/C23H16FNO3S/c1-28-18-12-10-15(11-13-18)20-21(29-19-8-3-2-4-9-19)23(27)25(22(20)26)17-7-5-6-16(24)14-17/h2-14H,1H3. The fourth-order valence-electron chi connectivity index (χ4n) is 3.07. The summed E-state index contributed by atoms with van der Waals surface area (Å²) in [4.78, 5) is 28.6. The third kappa shape index (κ3) is 3.67. The van der Waals surface area contributed by atoms with Crippen LogP contribution in [0.25, 0.3) is 5.57 Å². The maximum Gasteiger partial charge on any atom is 0.272 e. The van der Waals surface area contributed by atoms with Gasteiger partial charge in [0.2, 0.25) is 0 Å². The van der Waals surface area contributed by atoms with Crippen molar-refractivity contribution in [2.45, 2.75) is 4.90 Å². The molecule has 0 aliphatic carbocycles. The Morgan fingerprint density at radius 1 is 0.862 bits per heavy atom. The molecule has 2 amide bonds. The first-order valence-corrected chi connectivity index (χ1v) is 9.66. The number of amides is 2. The van der Waals surface area contributed by atoms with Gasteiger partial charge in [-0.05, 0) is 48.0 Å². The average Bonchev–Trinajstić information content (AvgIpc) is 2.98. The molecule has 1 aliphatic heterocycles. The SMILES string of the molecule is COc1ccc(C2=C(Sc3ccccc3)C(=O)N(c3cccc(F)c3)C2=O)cc1. The fourth-order valence-corrected chi connectivity index (χ4v) is 4.09. The van der Waals surface area contributed by atoms with E-state index in [1.54, 1.807) is 37.4 Å². The molecule has 0 radical (unpaired) electrons. The molecule has 0 N–H and O–H groups in total. The minimum Gasteiger partial charge on any atom is -0.497 e. The molecule has 3 aromatic rings. The fraction of sp³-hybridized carbons (Fsp3) is 0.0435. The van der Waals surface area contributed by atoms with E-state index in [0.29, 0.717) is 16.2 Å². The van der Waals surface area contributed by atoms with Crippen LogP contribution >= 0.6 is 11.8 Å².